The van der Waals surface area contributed by atoms with Crippen molar-refractivity contribution < 1.29 is 9.66 Å². The lowest BCUT2D eigenvalue weighted by atomic mass is 10.3. The SMILES string of the molecule is O=[N+]([O-])c1cnc2ccc(NCCOc3c(Cl)cc(Cl)cc3Cl)nn12. The Morgan fingerprint density at radius 1 is 1.24 bits per heavy atom. The van der Waals surface area contributed by atoms with Crippen molar-refractivity contribution >= 4 is 52.1 Å². The number of halogens is 3. The first-order valence-electron chi connectivity index (χ1n) is 6.96. The maximum Gasteiger partial charge on any atom is 0.368 e. The molecule has 3 rings (SSSR count). The van der Waals surface area contributed by atoms with Crippen LogP contribution in [0.4, 0.5) is 11.6 Å². The van der Waals surface area contributed by atoms with E-state index in [0.29, 0.717) is 38.8 Å². The van der Waals surface area contributed by atoms with E-state index in [9.17, 15) is 10.1 Å². The molecule has 0 radical (unpaired) electrons. The number of imidazole rings is 1. The molecule has 0 saturated carbocycles. The smallest absolute Gasteiger partial charge is 0.368 e. The molecule has 8 nitrogen and oxygen atoms in total. The van der Waals surface area contributed by atoms with E-state index < -0.39 is 4.92 Å². The predicted octanol–water partition coefficient (Wildman–Crippen LogP) is 4.09. The molecule has 0 unspecified atom stereocenters. The van der Waals surface area contributed by atoms with E-state index in [0.717, 1.165) is 10.7 Å². The number of fused-ring (bicyclic) bond motifs is 1. The van der Waals surface area contributed by atoms with E-state index in [4.69, 9.17) is 39.5 Å². The van der Waals surface area contributed by atoms with Gasteiger partial charge in [-0.25, -0.2) is 4.98 Å². The van der Waals surface area contributed by atoms with Crippen LogP contribution in [0.3, 0.4) is 0 Å². The third kappa shape index (κ3) is 3.87. The van der Waals surface area contributed by atoms with Crippen molar-refractivity contribution in [1.82, 2.24) is 14.6 Å². The lowest BCUT2D eigenvalue weighted by Crippen LogP contribution is -2.13. The highest BCUT2D eigenvalue weighted by Gasteiger charge is 2.16. The van der Waals surface area contributed by atoms with Gasteiger partial charge in [-0.1, -0.05) is 44.4 Å². The molecule has 130 valence electrons. The van der Waals surface area contributed by atoms with Gasteiger partial charge in [0.25, 0.3) is 0 Å². The second kappa shape index (κ2) is 7.30. The fraction of sp³-hybridized carbons (Fsp3) is 0.143. The molecule has 0 amide bonds. The summed E-state index contributed by atoms with van der Waals surface area (Å²) in [5.41, 5.74) is 0.383. The number of nitrogens with one attached hydrogen (secondary N) is 1. The van der Waals surface area contributed by atoms with Crippen LogP contribution < -0.4 is 10.1 Å². The molecule has 2 heterocycles. The summed E-state index contributed by atoms with van der Waals surface area (Å²) < 4.78 is 6.69. The molecule has 0 bridgehead atoms. The van der Waals surface area contributed by atoms with Gasteiger partial charge in [-0.05, 0) is 23.1 Å². The fourth-order valence-corrected chi connectivity index (χ4v) is 3.01. The van der Waals surface area contributed by atoms with Gasteiger partial charge < -0.3 is 20.2 Å². The molecular formula is C14H10Cl3N5O3. The molecule has 0 aliphatic rings. The van der Waals surface area contributed by atoms with Gasteiger partial charge >= 0.3 is 5.82 Å². The molecule has 0 saturated heterocycles. The molecule has 3 aromatic rings. The van der Waals surface area contributed by atoms with E-state index in [1.165, 1.54) is 12.1 Å². The zero-order valence-electron chi connectivity index (χ0n) is 12.4. The summed E-state index contributed by atoms with van der Waals surface area (Å²) in [7, 11) is 0. The Bertz CT molecular complexity index is 924. The molecule has 0 spiro atoms. The van der Waals surface area contributed by atoms with Gasteiger partial charge in [0.15, 0.2) is 11.6 Å². The highest BCUT2D eigenvalue weighted by Crippen LogP contribution is 2.35. The van der Waals surface area contributed by atoms with Crippen molar-refractivity contribution in [2.24, 2.45) is 0 Å². The standard InChI is InChI=1S/C14H10Cl3N5O3/c15-8-5-9(16)14(10(17)6-8)25-4-3-18-11-1-2-12-19-7-13(22(23)24)21(12)20-11/h1-2,5-7H,3-4H2,(H,18,20). The Morgan fingerprint density at radius 2 is 1.96 bits per heavy atom. The second-order valence-electron chi connectivity index (χ2n) is 4.84. The Balaban J connectivity index is 1.64. The molecule has 11 heteroatoms. The largest absolute Gasteiger partial charge is 0.489 e. The van der Waals surface area contributed by atoms with Gasteiger partial charge in [-0.2, -0.15) is 0 Å². The number of anilines is 1. The molecule has 0 aliphatic carbocycles. The van der Waals surface area contributed by atoms with E-state index in [1.54, 1.807) is 12.1 Å². The van der Waals surface area contributed by atoms with Crippen molar-refractivity contribution in [2.75, 3.05) is 18.5 Å². The van der Waals surface area contributed by atoms with Crippen LogP contribution in [-0.4, -0.2) is 32.7 Å². The van der Waals surface area contributed by atoms with Crippen LogP contribution in [0.1, 0.15) is 0 Å². The number of rotatable bonds is 6. The number of nitrogens with zero attached hydrogens (tertiary/aromatic N) is 4. The van der Waals surface area contributed by atoms with Gasteiger partial charge in [0.2, 0.25) is 5.65 Å². The van der Waals surface area contributed by atoms with Gasteiger partial charge in [0, 0.05) is 11.1 Å². The first kappa shape index (κ1) is 17.5. The minimum Gasteiger partial charge on any atom is -0.489 e. The van der Waals surface area contributed by atoms with Crippen LogP contribution in [0.15, 0.2) is 30.5 Å². The average Bonchev–Trinajstić information content (AvgIpc) is 2.96. The molecule has 2 aromatic heterocycles. The number of aromatic nitrogens is 3. The third-order valence-corrected chi connectivity index (χ3v) is 3.93. The van der Waals surface area contributed by atoms with E-state index in [2.05, 4.69) is 15.4 Å². The lowest BCUT2D eigenvalue weighted by Gasteiger charge is -2.11. The lowest BCUT2D eigenvalue weighted by molar-refractivity contribution is -0.391. The maximum absolute atomic E-state index is 10.9. The predicted molar refractivity (Wildman–Crippen MR) is 95.1 cm³/mol. The van der Waals surface area contributed by atoms with Crippen LogP contribution in [0, 0.1) is 10.1 Å². The fourth-order valence-electron chi connectivity index (χ4n) is 2.08. The van der Waals surface area contributed by atoms with Gasteiger partial charge in [0.05, 0.1) is 16.6 Å². The van der Waals surface area contributed by atoms with Crippen molar-refractivity contribution in [1.29, 1.82) is 0 Å². The van der Waals surface area contributed by atoms with Crippen LogP contribution in [-0.2, 0) is 0 Å². The highest BCUT2D eigenvalue weighted by molar-refractivity contribution is 6.40. The minimum absolute atomic E-state index is 0.213. The Kier molecular flexibility index (Phi) is 5.12. The summed E-state index contributed by atoms with van der Waals surface area (Å²) in [6.45, 7) is 0.614. The Hall–Kier alpha value is -2.29. The minimum atomic E-state index is -0.551. The summed E-state index contributed by atoms with van der Waals surface area (Å²) >= 11 is 17.9. The van der Waals surface area contributed by atoms with E-state index in [1.807, 2.05) is 0 Å². The van der Waals surface area contributed by atoms with Crippen LogP contribution in [0.25, 0.3) is 5.65 Å². The molecule has 0 aliphatic heterocycles. The van der Waals surface area contributed by atoms with Gasteiger partial charge in [-0.15, -0.1) is 0 Å². The zero-order chi connectivity index (χ0) is 18.0. The van der Waals surface area contributed by atoms with Crippen LogP contribution >= 0.6 is 34.8 Å². The number of hydrogen-bond acceptors (Lipinski definition) is 6. The van der Waals surface area contributed by atoms with Crippen molar-refractivity contribution in [2.45, 2.75) is 0 Å². The molecule has 0 fully saturated rings. The Labute approximate surface area is 156 Å². The molecule has 1 N–H and O–H groups in total. The summed E-state index contributed by atoms with van der Waals surface area (Å²) in [5.74, 6) is 0.559. The van der Waals surface area contributed by atoms with Crippen LogP contribution in [0.5, 0.6) is 5.75 Å². The van der Waals surface area contributed by atoms with Crippen molar-refractivity contribution in [3.8, 4) is 5.75 Å². The summed E-state index contributed by atoms with van der Waals surface area (Å²) in [5, 5.41) is 19.1. The quantitative estimate of drug-likeness (QED) is 0.379. The van der Waals surface area contributed by atoms with Gasteiger partial charge in [-0.3, -0.25) is 0 Å². The highest BCUT2D eigenvalue weighted by atomic mass is 35.5. The normalized spacial score (nSPS) is 10.8. The molecule has 25 heavy (non-hydrogen) atoms. The third-order valence-electron chi connectivity index (χ3n) is 3.15. The summed E-state index contributed by atoms with van der Waals surface area (Å²) in [4.78, 5) is 14.3. The topological polar surface area (TPSA) is 94.6 Å². The van der Waals surface area contributed by atoms with Crippen LogP contribution in [0.2, 0.25) is 15.1 Å². The van der Waals surface area contributed by atoms with Gasteiger partial charge in [0.1, 0.15) is 12.8 Å². The first-order valence-corrected chi connectivity index (χ1v) is 8.09. The number of ether oxygens (including phenoxy) is 1. The summed E-state index contributed by atoms with van der Waals surface area (Å²) in [6.07, 6.45) is 1.15. The molecule has 0 atom stereocenters. The van der Waals surface area contributed by atoms with E-state index >= 15 is 0 Å². The zero-order valence-corrected chi connectivity index (χ0v) is 14.7. The second-order valence-corrected chi connectivity index (χ2v) is 6.09. The number of nitro groups is 1. The maximum atomic E-state index is 10.9. The summed E-state index contributed by atoms with van der Waals surface area (Å²) in [6, 6.07) is 6.35. The number of hydrogen-bond donors (Lipinski definition) is 1. The van der Waals surface area contributed by atoms with Crippen molar-refractivity contribution in [3.63, 3.8) is 0 Å². The van der Waals surface area contributed by atoms with Crippen molar-refractivity contribution in [3.05, 3.63) is 55.6 Å². The first-order chi connectivity index (χ1) is 12.0. The average molecular weight is 403 g/mol. The monoisotopic (exact) mass is 401 g/mol. The number of benzene rings is 1. The Morgan fingerprint density at radius 3 is 2.64 bits per heavy atom. The van der Waals surface area contributed by atoms with E-state index in [-0.39, 0.29) is 12.4 Å². The molecular weight excluding hydrogens is 393 g/mol. The molecule has 1 aromatic carbocycles.